The molecule has 0 aromatic heterocycles. The molecule has 2 fully saturated rings. The first-order valence-corrected chi connectivity index (χ1v) is 11.7. The fourth-order valence-electron chi connectivity index (χ4n) is 5.72. The van der Waals surface area contributed by atoms with Crippen molar-refractivity contribution in [1.82, 2.24) is 10.2 Å². The van der Waals surface area contributed by atoms with Gasteiger partial charge in [0.25, 0.3) is 0 Å². The molecule has 172 valence electrons. The zero-order valence-electron chi connectivity index (χ0n) is 18.4. The van der Waals surface area contributed by atoms with Crippen LogP contribution in [0.3, 0.4) is 0 Å². The third-order valence-electron chi connectivity index (χ3n) is 7.30. The van der Waals surface area contributed by atoms with E-state index >= 15 is 0 Å². The minimum Gasteiger partial charge on any atom is -0.480 e. The maximum absolute atomic E-state index is 13.1. The number of hydrogen-bond donors (Lipinski definition) is 2. The maximum atomic E-state index is 13.1. The second kappa shape index (κ2) is 8.89. The number of nitrogens with zero attached hydrogens (tertiary/aromatic N) is 1. The number of alkyl carbamates (subject to hydrolysis) is 1. The van der Waals surface area contributed by atoms with E-state index in [1.807, 2.05) is 24.3 Å². The molecule has 2 N–H and O–H groups in total. The van der Waals surface area contributed by atoms with Gasteiger partial charge in [0.2, 0.25) is 5.91 Å². The van der Waals surface area contributed by atoms with Gasteiger partial charge in [0, 0.05) is 18.5 Å². The molecule has 7 nitrogen and oxygen atoms in total. The standard InChI is InChI=1S/C26H28N2O5/c29-24(28-14-6-13-23(28)25(30)31)20-11-5-12-22(20)27-26(32)33-15-21-18-9-3-1-7-16(18)17-8-2-4-10-19(17)21/h1-4,7-10,20-23H,5-6,11-15H2,(H,27,32)(H,30,31). The van der Waals surface area contributed by atoms with Gasteiger partial charge in [-0.15, -0.1) is 0 Å². The summed E-state index contributed by atoms with van der Waals surface area (Å²) in [6.07, 6.45) is 2.80. The van der Waals surface area contributed by atoms with Crippen molar-refractivity contribution in [2.24, 2.45) is 5.92 Å². The summed E-state index contributed by atoms with van der Waals surface area (Å²) in [5, 5.41) is 12.3. The van der Waals surface area contributed by atoms with Crippen LogP contribution in [0, 0.1) is 5.92 Å². The molecule has 2 aromatic carbocycles. The molecular formula is C26H28N2O5. The van der Waals surface area contributed by atoms with Crippen LogP contribution in [0.15, 0.2) is 48.5 Å². The van der Waals surface area contributed by atoms with Crippen molar-refractivity contribution in [3.8, 4) is 11.1 Å². The van der Waals surface area contributed by atoms with Gasteiger partial charge in [-0.05, 0) is 47.9 Å². The lowest BCUT2D eigenvalue weighted by Gasteiger charge is -2.28. The van der Waals surface area contributed by atoms with Gasteiger partial charge in [-0.2, -0.15) is 0 Å². The topological polar surface area (TPSA) is 95.9 Å². The maximum Gasteiger partial charge on any atom is 0.407 e. The zero-order valence-corrected chi connectivity index (χ0v) is 18.4. The SMILES string of the molecule is O=C(NC1CCCC1C(=O)N1CCCC1C(=O)O)OCC1c2ccccc2-c2ccccc21. The van der Waals surface area contributed by atoms with Gasteiger partial charge in [-0.1, -0.05) is 55.0 Å². The van der Waals surface area contributed by atoms with E-state index in [0.717, 1.165) is 17.5 Å². The Morgan fingerprint density at radius 1 is 0.939 bits per heavy atom. The van der Waals surface area contributed by atoms with Crippen molar-refractivity contribution in [2.75, 3.05) is 13.2 Å². The lowest BCUT2D eigenvalue weighted by atomic mass is 9.98. The van der Waals surface area contributed by atoms with Crippen LogP contribution in [-0.2, 0) is 14.3 Å². The highest BCUT2D eigenvalue weighted by atomic mass is 16.5. The fraction of sp³-hybridized carbons (Fsp3) is 0.423. The largest absolute Gasteiger partial charge is 0.480 e. The number of carboxylic acid groups (broad SMARTS) is 1. The molecule has 1 heterocycles. The summed E-state index contributed by atoms with van der Waals surface area (Å²) in [5.41, 5.74) is 4.63. The van der Waals surface area contributed by atoms with Gasteiger partial charge in [-0.3, -0.25) is 4.79 Å². The minimum atomic E-state index is -0.958. The first-order valence-electron chi connectivity index (χ1n) is 11.7. The van der Waals surface area contributed by atoms with Crippen LogP contribution in [0.25, 0.3) is 11.1 Å². The Kier molecular flexibility index (Phi) is 5.79. The van der Waals surface area contributed by atoms with E-state index < -0.39 is 24.0 Å². The fourth-order valence-corrected chi connectivity index (χ4v) is 5.72. The minimum absolute atomic E-state index is 0.0231. The molecule has 1 saturated carbocycles. The van der Waals surface area contributed by atoms with E-state index in [4.69, 9.17) is 4.74 Å². The molecular weight excluding hydrogens is 420 g/mol. The molecule has 2 amide bonds. The number of amides is 2. The van der Waals surface area contributed by atoms with E-state index in [2.05, 4.69) is 29.6 Å². The Bertz CT molecular complexity index is 1040. The molecule has 3 aliphatic rings. The molecule has 33 heavy (non-hydrogen) atoms. The van der Waals surface area contributed by atoms with Gasteiger partial charge in [0.15, 0.2) is 0 Å². The monoisotopic (exact) mass is 448 g/mol. The average Bonchev–Trinajstić information content (AvgIpc) is 3.55. The van der Waals surface area contributed by atoms with E-state index in [1.54, 1.807) is 0 Å². The first kappa shape index (κ1) is 21.5. The van der Waals surface area contributed by atoms with E-state index in [0.29, 0.717) is 32.2 Å². The third kappa shape index (κ3) is 3.96. The predicted molar refractivity (Wildman–Crippen MR) is 122 cm³/mol. The second-order valence-electron chi connectivity index (χ2n) is 9.14. The van der Waals surface area contributed by atoms with E-state index in [-0.39, 0.29) is 24.5 Å². The Morgan fingerprint density at radius 3 is 2.27 bits per heavy atom. The number of rotatable bonds is 5. The molecule has 3 unspecified atom stereocenters. The number of ether oxygens (including phenoxy) is 1. The number of fused-ring (bicyclic) bond motifs is 3. The summed E-state index contributed by atoms with van der Waals surface area (Å²) in [6.45, 7) is 0.683. The number of carbonyl (C=O) groups excluding carboxylic acids is 2. The van der Waals surface area contributed by atoms with Crippen LogP contribution in [-0.4, -0.2) is 53.2 Å². The normalized spacial score (nSPS) is 23.8. The Labute approximate surface area is 192 Å². The van der Waals surface area contributed by atoms with Gasteiger partial charge in [-0.25, -0.2) is 9.59 Å². The van der Waals surface area contributed by atoms with Crippen molar-refractivity contribution >= 4 is 18.0 Å². The Balaban J connectivity index is 1.23. The molecule has 3 atom stereocenters. The van der Waals surface area contributed by atoms with Crippen LogP contribution in [0.4, 0.5) is 4.79 Å². The summed E-state index contributed by atoms with van der Waals surface area (Å²) in [5.74, 6) is -1.54. The van der Waals surface area contributed by atoms with Crippen LogP contribution in [0.5, 0.6) is 0 Å². The zero-order chi connectivity index (χ0) is 22.9. The molecule has 2 aromatic rings. The molecule has 2 aliphatic carbocycles. The van der Waals surface area contributed by atoms with Gasteiger partial charge < -0.3 is 20.1 Å². The highest BCUT2D eigenvalue weighted by Crippen LogP contribution is 2.44. The molecule has 0 bridgehead atoms. The number of carbonyl (C=O) groups is 3. The van der Waals surface area contributed by atoms with Gasteiger partial charge in [0.1, 0.15) is 12.6 Å². The highest BCUT2D eigenvalue weighted by Gasteiger charge is 2.42. The highest BCUT2D eigenvalue weighted by molar-refractivity contribution is 5.87. The predicted octanol–water partition coefficient (Wildman–Crippen LogP) is 3.77. The first-order chi connectivity index (χ1) is 16.0. The quantitative estimate of drug-likeness (QED) is 0.726. The smallest absolute Gasteiger partial charge is 0.407 e. The van der Waals surface area contributed by atoms with Gasteiger partial charge in [0.05, 0.1) is 5.92 Å². The Hall–Kier alpha value is -3.35. The Morgan fingerprint density at radius 2 is 1.61 bits per heavy atom. The van der Waals surface area contributed by atoms with Crippen LogP contribution in [0.1, 0.15) is 49.1 Å². The number of likely N-dealkylation sites (tertiary alicyclic amines) is 1. The summed E-state index contributed by atoms with van der Waals surface area (Å²) >= 11 is 0. The average molecular weight is 449 g/mol. The molecule has 5 rings (SSSR count). The van der Waals surface area contributed by atoms with Crippen molar-refractivity contribution < 1.29 is 24.2 Å². The third-order valence-corrected chi connectivity index (χ3v) is 7.30. The molecule has 1 saturated heterocycles. The number of nitrogens with one attached hydrogen (secondary N) is 1. The lowest BCUT2D eigenvalue weighted by molar-refractivity contribution is -0.150. The van der Waals surface area contributed by atoms with Crippen LogP contribution in [0.2, 0.25) is 0 Å². The van der Waals surface area contributed by atoms with Crippen molar-refractivity contribution in [3.05, 3.63) is 59.7 Å². The summed E-state index contributed by atoms with van der Waals surface area (Å²) < 4.78 is 5.65. The number of benzene rings is 2. The number of aliphatic carboxylic acids is 1. The molecule has 0 spiro atoms. The van der Waals surface area contributed by atoms with Crippen molar-refractivity contribution in [1.29, 1.82) is 0 Å². The van der Waals surface area contributed by atoms with Crippen molar-refractivity contribution in [3.63, 3.8) is 0 Å². The van der Waals surface area contributed by atoms with Gasteiger partial charge >= 0.3 is 12.1 Å². The number of hydrogen-bond acceptors (Lipinski definition) is 4. The van der Waals surface area contributed by atoms with Crippen molar-refractivity contribution in [2.45, 2.75) is 50.1 Å². The van der Waals surface area contributed by atoms with E-state index in [1.165, 1.54) is 16.0 Å². The summed E-state index contributed by atoms with van der Waals surface area (Å²) in [4.78, 5) is 38.7. The van der Waals surface area contributed by atoms with E-state index in [9.17, 15) is 19.5 Å². The van der Waals surface area contributed by atoms with Crippen LogP contribution >= 0.6 is 0 Å². The second-order valence-corrected chi connectivity index (χ2v) is 9.14. The summed E-state index contributed by atoms with van der Waals surface area (Å²) in [6, 6.07) is 15.2. The molecule has 7 heteroatoms. The number of carboxylic acids is 1. The molecule has 1 aliphatic heterocycles. The lowest BCUT2D eigenvalue weighted by Crippen LogP contribution is -2.49. The van der Waals surface area contributed by atoms with Crippen LogP contribution < -0.4 is 5.32 Å². The molecule has 0 radical (unpaired) electrons. The summed E-state index contributed by atoms with van der Waals surface area (Å²) in [7, 11) is 0.